The molecule has 3 aromatic rings. The van der Waals surface area contributed by atoms with E-state index in [2.05, 4.69) is 26.6 Å². The SMILES string of the molecule is O=C(Nc1cccc(N2CCC(NC[C@@H]3COc4ccccc4O3)CC2)c1)c1cccnc1. The fraction of sp³-hybridized carbons (Fsp3) is 0.308. The van der Waals surface area contributed by atoms with Gasteiger partial charge in [-0.15, -0.1) is 0 Å². The lowest BCUT2D eigenvalue weighted by Gasteiger charge is -2.35. The van der Waals surface area contributed by atoms with Crippen molar-refractivity contribution < 1.29 is 14.3 Å². The van der Waals surface area contributed by atoms with Crippen LogP contribution in [-0.4, -0.2) is 49.3 Å². The summed E-state index contributed by atoms with van der Waals surface area (Å²) in [6, 6.07) is 19.8. The van der Waals surface area contributed by atoms with Gasteiger partial charge in [-0.2, -0.15) is 0 Å². The van der Waals surface area contributed by atoms with Crippen molar-refractivity contribution in [1.29, 1.82) is 0 Å². The number of amides is 1. The lowest BCUT2D eigenvalue weighted by atomic mass is 10.0. The summed E-state index contributed by atoms with van der Waals surface area (Å²) >= 11 is 0. The number of hydrogen-bond donors (Lipinski definition) is 2. The Morgan fingerprint density at radius 2 is 1.88 bits per heavy atom. The standard InChI is InChI=1S/C26H28N4O3/c31-26(19-5-4-12-27-16-19)29-21-6-3-7-22(15-21)30-13-10-20(11-14-30)28-17-23-18-32-24-8-1-2-9-25(24)33-23/h1-9,12,15-16,20,23,28H,10-11,13-14,17-18H2,(H,29,31)/t23-/m1/s1. The molecule has 1 fully saturated rings. The van der Waals surface area contributed by atoms with Crippen LogP contribution < -0.4 is 25.0 Å². The first-order valence-corrected chi connectivity index (χ1v) is 11.4. The van der Waals surface area contributed by atoms with Crippen LogP contribution in [0.4, 0.5) is 11.4 Å². The minimum atomic E-state index is -0.153. The van der Waals surface area contributed by atoms with Crippen LogP contribution in [0.3, 0.4) is 0 Å². The monoisotopic (exact) mass is 444 g/mol. The highest BCUT2D eigenvalue weighted by atomic mass is 16.6. The largest absolute Gasteiger partial charge is 0.486 e. The molecule has 0 spiro atoms. The van der Waals surface area contributed by atoms with E-state index in [9.17, 15) is 4.79 Å². The minimum Gasteiger partial charge on any atom is -0.486 e. The second kappa shape index (κ2) is 9.92. The molecule has 0 aliphatic carbocycles. The summed E-state index contributed by atoms with van der Waals surface area (Å²) in [7, 11) is 0. The molecule has 2 aliphatic rings. The molecule has 1 aromatic heterocycles. The van der Waals surface area contributed by atoms with E-state index in [-0.39, 0.29) is 12.0 Å². The molecule has 0 saturated carbocycles. The van der Waals surface area contributed by atoms with E-state index >= 15 is 0 Å². The zero-order valence-electron chi connectivity index (χ0n) is 18.4. The molecule has 7 nitrogen and oxygen atoms in total. The molecular weight excluding hydrogens is 416 g/mol. The van der Waals surface area contributed by atoms with Crippen LogP contribution >= 0.6 is 0 Å². The first-order valence-electron chi connectivity index (χ1n) is 11.4. The van der Waals surface area contributed by atoms with Gasteiger partial charge >= 0.3 is 0 Å². The average molecular weight is 445 g/mol. The van der Waals surface area contributed by atoms with Crippen LogP contribution in [0.2, 0.25) is 0 Å². The maximum Gasteiger partial charge on any atom is 0.257 e. The fourth-order valence-electron chi connectivity index (χ4n) is 4.28. The van der Waals surface area contributed by atoms with Gasteiger partial charge in [-0.1, -0.05) is 18.2 Å². The maximum absolute atomic E-state index is 12.4. The van der Waals surface area contributed by atoms with Crippen molar-refractivity contribution in [2.24, 2.45) is 0 Å². The van der Waals surface area contributed by atoms with Gasteiger partial charge in [0.15, 0.2) is 11.5 Å². The number of nitrogens with zero attached hydrogens (tertiary/aromatic N) is 2. The van der Waals surface area contributed by atoms with E-state index < -0.39 is 0 Å². The number of piperidine rings is 1. The minimum absolute atomic E-state index is 0.0260. The molecule has 1 saturated heterocycles. The number of fused-ring (bicyclic) bond motifs is 1. The zero-order valence-corrected chi connectivity index (χ0v) is 18.4. The summed E-state index contributed by atoms with van der Waals surface area (Å²) in [5.41, 5.74) is 2.46. The summed E-state index contributed by atoms with van der Waals surface area (Å²) in [6.45, 7) is 3.26. The van der Waals surface area contributed by atoms with E-state index in [1.54, 1.807) is 24.5 Å². The van der Waals surface area contributed by atoms with Crippen molar-refractivity contribution >= 4 is 17.3 Å². The van der Waals surface area contributed by atoms with Crippen LogP contribution in [0.25, 0.3) is 0 Å². The van der Waals surface area contributed by atoms with Crippen molar-refractivity contribution in [2.75, 3.05) is 36.5 Å². The lowest BCUT2D eigenvalue weighted by Crippen LogP contribution is -2.47. The highest BCUT2D eigenvalue weighted by Crippen LogP contribution is 2.31. The number of anilines is 2. The highest BCUT2D eigenvalue weighted by Gasteiger charge is 2.24. The Labute approximate surface area is 193 Å². The molecule has 1 atom stereocenters. The Kier molecular flexibility index (Phi) is 6.39. The number of carbonyl (C=O) groups excluding carboxylic acids is 1. The van der Waals surface area contributed by atoms with Gasteiger partial charge in [0.25, 0.3) is 5.91 Å². The molecule has 2 aliphatic heterocycles. The molecule has 0 bridgehead atoms. The number of aromatic nitrogens is 1. The molecule has 3 heterocycles. The van der Waals surface area contributed by atoms with Gasteiger partial charge in [0.2, 0.25) is 0 Å². The second-order valence-corrected chi connectivity index (χ2v) is 8.41. The van der Waals surface area contributed by atoms with E-state index in [0.29, 0.717) is 18.2 Å². The van der Waals surface area contributed by atoms with Gasteiger partial charge in [-0.05, 0) is 55.3 Å². The van der Waals surface area contributed by atoms with E-state index in [0.717, 1.165) is 55.3 Å². The number of pyridine rings is 1. The van der Waals surface area contributed by atoms with Gasteiger partial charge in [-0.25, -0.2) is 0 Å². The van der Waals surface area contributed by atoms with Crippen molar-refractivity contribution in [1.82, 2.24) is 10.3 Å². The molecule has 0 unspecified atom stereocenters. The molecule has 0 radical (unpaired) electrons. The first kappa shape index (κ1) is 21.3. The fourth-order valence-corrected chi connectivity index (χ4v) is 4.28. The van der Waals surface area contributed by atoms with E-state index in [1.807, 2.05) is 42.5 Å². The predicted octanol–water partition coefficient (Wildman–Crippen LogP) is 3.73. The van der Waals surface area contributed by atoms with Gasteiger partial charge < -0.3 is 25.0 Å². The topological polar surface area (TPSA) is 75.7 Å². The third kappa shape index (κ3) is 5.26. The predicted molar refractivity (Wildman–Crippen MR) is 128 cm³/mol. The number of carbonyl (C=O) groups is 1. The number of hydrogen-bond acceptors (Lipinski definition) is 6. The Morgan fingerprint density at radius 3 is 2.70 bits per heavy atom. The third-order valence-electron chi connectivity index (χ3n) is 6.09. The lowest BCUT2D eigenvalue weighted by molar-refractivity contribution is 0.0873. The third-order valence-corrected chi connectivity index (χ3v) is 6.09. The van der Waals surface area contributed by atoms with E-state index in [4.69, 9.17) is 9.47 Å². The summed E-state index contributed by atoms with van der Waals surface area (Å²) in [5.74, 6) is 1.49. The first-order chi connectivity index (χ1) is 16.2. The van der Waals surface area contributed by atoms with Gasteiger partial charge in [0, 0.05) is 49.4 Å². The zero-order chi connectivity index (χ0) is 22.5. The number of para-hydroxylation sites is 2. The van der Waals surface area contributed by atoms with Crippen LogP contribution in [0.5, 0.6) is 11.5 Å². The Balaban J connectivity index is 1.10. The Hall–Kier alpha value is -3.58. The average Bonchev–Trinajstić information content (AvgIpc) is 2.88. The molecular formula is C26H28N4O3. The van der Waals surface area contributed by atoms with Crippen molar-refractivity contribution in [3.05, 3.63) is 78.6 Å². The van der Waals surface area contributed by atoms with Crippen LogP contribution in [0, 0.1) is 0 Å². The van der Waals surface area contributed by atoms with Gasteiger partial charge in [-0.3, -0.25) is 9.78 Å². The molecule has 2 N–H and O–H groups in total. The normalized spacial score (nSPS) is 18.1. The Bertz CT molecular complexity index is 1080. The molecule has 33 heavy (non-hydrogen) atoms. The van der Waals surface area contributed by atoms with E-state index in [1.165, 1.54) is 0 Å². The van der Waals surface area contributed by atoms with Gasteiger partial charge in [0.1, 0.15) is 12.7 Å². The van der Waals surface area contributed by atoms with Crippen LogP contribution in [-0.2, 0) is 0 Å². The number of ether oxygens (including phenoxy) is 2. The summed E-state index contributed by atoms with van der Waals surface area (Å²) < 4.78 is 11.9. The van der Waals surface area contributed by atoms with Crippen molar-refractivity contribution in [3.63, 3.8) is 0 Å². The quantitative estimate of drug-likeness (QED) is 0.603. The maximum atomic E-state index is 12.4. The highest BCUT2D eigenvalue weighted by molar-refractivity contribution is 6.04. The molecule has 170 valence electrons. The van der Waals surface area contributed by atoms with Crippen molar-refractivity contribution in [2.45, 2.75) is 25.0 Å². The van der Waals surface area contributed by atoms with Crippen LogP contribution in [0.1, 0.15) is 23.2 Å². The number of benzene rings is 2. The smallest absolute Gasteiger partial charge is 0.257 e. The van der Waals surface area contributed by atoms with Crippen LogP contribution in [0.15, 0.2) is 73.1 Å². The van der Waals surface area contributed by atoms with Gasteiger partial charge in [0.05, 0.1) is 5.56 Å². The Morgan fingerprint density at radius 1 is 1.03 bits per heavy atom. The van der Waals surface area contributed by atoms with Crippen molar-refractivity contribution in [3.8, 4) is 11.5 Å². The summed E-state index contributed by atoms with van der Waals surface area (Å²) in [4.78, 5) is 18.8. The molecule has 2 aromatic carbocycles. The number of nitrogens with one attached hydrogen (secondary N) is 2. The molecule has 5 rings (SSSR count). The molecule has 7 heteroatoms. The second-order valence-electron chi connectivity index (χ2n) is 8.41. The molecule has 1 amide bonds. The summed E-state index contributed by atoms with van der Waals surface area (Å²) in [5, 5.41) is 6.62. The number of rotatable bonds is 6. The summed E-state index contributed by atoms with van der Waals surface area (Å²) in [6.07, 6.45) is 5.36.